The number of hydrogen-bond donors (Lipinski definition) is 3. The highest BCUT2D eigenvalue weighted by molar-refractivity contribution is 7.89. The molecular weight excluding hydrogens is 681 g/mol. The Morgan fingerprint density at radius 1 is 1.17 bits per heavy atom. The van der Waals surface area contributed by atoms with Crippen molar-refractivity contribution in [2.45, 2.75) is 55.4 Å². The van der Waals surface area contributed by atoms with Crippen LogP contribution < -0.4 is 10.2 Å². The van der Waals surface area contributed by atoms with Crippen LogP contribution in [0, 0.1) is 0 Å². The number of carbonyl (C=O) groups excluding carboxylic acids is 1. The first-order valence-corrected chi connectivity index (χ1v) is 17.5. The van der Waals surface area contributed by atoms with E-state index in [0.29, 0.717) is 25.2 Å². The maximum atomic E-state index is 14.5. The van der Waals surface area contributed by atoms with Crippen LogP contribution >= 0.6 is 23.2 Å². The van der Waals surface area contributed by atoms with E-state index < -0.39 is 39.7 Å². The molecule has 3 N–H and O–H groups in total. The molecule has 0 radical (unpaired) electrons. The van der Waals surface area contributed by atoms with E-state index >= 15 is 0 Å². The fourth-order valence-corrected chi connectivity index (χ4v) is 8.92. The number of aliphatic carboxylic acids is 1. The monoisotopic (exact) mass is 715 g/mol. The van der Waals surface area contributed by atoms with Gasteiger partial charge in [0, 0.05) is 54.6 Å². The topological polar surface area (TPSA) is 161 Å². The molecule has 1 unspecified atom stereocenters. The average molecular weight is 717 g/mol. The number of aliphatic hydroxyl groups excluding tert-OH is 1. The number of anilines is 2. The van der Waals surface area contributed by atoms with Gasteiger partial charge in [-0.1, -0.05) is 47.5 Å². The number of nitrogens with one attached hydrogen (secondary N) is 1. The maximum Gasteiger partial charge on any atom is 0.304 e. The Balaban J connectivity index is 1.39. The molecule has 13 nitrogen and oxygen atoms in total. The number of imidazole rings is 1. The van der Waals surface area contributed by atoms with Crippen LogP contribution in [0.15, 0.2) is 64.9 Å². The number of aliphatic hydroxyl groups is 1. The third-order valence-corrected chi connectivity index (χ3v) is 11.1. The zero-order valence-corrected chi connectivity index (χ0v) is 28.6. The van der Waals surface area contributed by atoms with Gasteiger partial charge in [-0.25, -0.2) is 18.3 Å². The van der Waals surface area contributed by atoms with Crippen molar-refractivity contribution in [2.75, 3.05) is 31.7 Å². The molecule has 2 aromatic carbocycles. The fraction of sp³-hybridized carbons (Fsp3) is 0.375. The highest BCUT2D eigenvalue weighted by atomic mass is 35.5. The number of aromatic nitrogens is 2. The van der Waals surface area contributed by atoms with Crippen molar-refractivity contribution in [2.24, 2.45) is 4.99 Å². The van der Waals surface area contributed by atoms with Crippen LogP contribution in [-0.4, -0.2) is 94.6 Å². The van der Waals surface area contributed by atoms with Gasteiger partial charge in [-0.2, -0.15) is 4.31 Å². The average Bonchev–Trinajstić information content (AvgIpc) is 3.74. The van der Waals surface area contributed by atoms with Crippen LogP contribution in [0.2, 0.25) is 10.0 Å². The predicted molar refractivity (Wildman–Crippen MR) is 182 cm³/mol. The maximum absolute atomic E-state index is 14.5. The van der Waals surface area contributed by atoms with Gasteiger partial charge in [0.15, 0.2) is 5.03 Å². The van der Waals surface area contributed by atoms with Crippen LogP contribution in [0.1, 0.15) is 37.3 Å². The van der Waals surface area contributed by atoms with E-state index in [9.17, 15) is 23.1 Å². The van der Waals surface area contributed by atoms with Crippen molar-refractivity contribution in [1.82, 2.24) is 24.1 Å². The van der Waals surface area contributed by atoms with E-state index in [1.54, 1.807) is 19.1 Å². The molecular formula is C32H35Cl2N7O6S. The van der Waals surface area contributed by atoms with Crippen molar-refractivity contribution in [3.8, 4) is 0 Å². The standard InChI is InChI=1S/C32H35Cl2N7O6S/c1-32(15-20-5-7-21(8-6-20)22-16-35-19-38(2)18-22)30(45)40(25-13-23(33)12-24(34)14-25)31-37-17-27(41(31)32)48(46,47)39-11-3-4-26(39)29(44)36-10-9-28(42)43/h5-8,12-14,16-18,26,29,36,44H,3-4,9-11,15,19H2,1-2H3,(H,42,43)/t26-,29?,32+/m0/s1. The van der Waals surface area contributed by atoms with Gasteiger partial charge < -0.3 is 15.1 Å². The molecule has 16 heteroatoms. The Labute approximate surface area is 288 Å². The van der Waals surface area contributed by atoms with Gasteiger partial charge >= 0.3 is 5.97 Å². The number of nitrogens with zero attached hydrogens (tertiary/aromatic N) is 6. The molecule has 48 heavy (non-hydrogen) atoms. The molecule has 3 aliphatic heterocycles. The Morgan fingerprint density at radius 2 is 1.88 bits per heavy atom. The highest BCUT2D eigenvalue weighted by Crippen LogP contribution is 2.45. The lowest BCUT2D eigenvalue weighted by Crippen LogP contribution is -2.50. The first-order valence-electron chi connectivity index (χ1n) is 15.3. The number of carboxylic acids is 1. The predicted octanol–water partition coefficient (Wildman–Crippen LogP) is 3.68. The number of rotatable bonds is 11. The van der Waals surface area contributed by atoms with Gasteiger partial charge in [0.1, 0.15) is 18.4 Å². The zero-order valence-electron chi connectivity index (χ0n) is 26.3. The third-order valence-electron chi connectivity index (χ3n) is 8.78. The van der Waals surface area contributed by atoms with Crippen molar-refractivity contribution in [1.29, 1.82) is 0 Å². The fourth-order valence-electron chi connectivity index (χ4n) is 6.52. The number of halogens is 2. The van der Waals surface area contributed by atoms with Gasteiger partial charge in [0.05, 0.1) is 24.3 Å². The van der Waals surface area contributed by atoms with Crippen molar-refractivity contribution in [3.05, 3.63) is 76.0 Å². The molecule has 3 aliphatic rings. The summed E-state index contributed by atoms with van der Waals surface area (Å²) < 4.78 is 31.5. The molecule has 1 saturated heterocycles. The SMILES string of the molecule is CN1C=C(c2ccc(C[C@]3(C)C(=O)N(c4cc(Cl)cc(Cl)c4)c4ncc(S(=O)(=O)N5CCC[C@H]5C(O)NCCC(=O)O)n43)cc2)C=NC1. The quantitative estimate of drug-likeness (QED) is 0.252. The van der Waals surface area contributed by atoms with E-state index in [1.807, 2.05) is 48.6 Å². The summed E-state index contributed by atoms with van der Waals surface area (Å²) in [5.74, 6) is -1.39. The van der Waals surface area contributed by atoms with Crippen molar-refractivity contribution >= 4 is 68.5 Å². The lowest BCUT2D eigenvalue weighted by molar-refractivity contribution is -0.137. The number of fused-ring (bicyclic) bond motifs is 1. The Hall–Kier alpha value is -3.79. The summed E-state index contributed by atoms with van der Waals surface area (Å²) in [5, 5.41) is 22.9. The van der Waals surface area contributed by atoms with Gasteiger partial charge in [0.25, 0.3) is 15.9 Å². The molecule has 0 bridgehead atoms. The number of hydrogen-bond acceptors (Lipinski definition) is 9. The molecule has 0 saturated carbocycles. The second kappa shape index (κ2) is 13.3. The van der Waals surface area contributed by atoms with Crippen LogP contribution in [-0.2, 0) is 31.6 Å². The van der Waals surface area contributed by atoms with E-state index in [0.717, 1.165) is 16.7 Å². The number of carbonyl (C=O) groups is 2. The molecule has 3 aromatic rings. The first-order chi connectivity index (χ1) is 22.8. The Kier molecular flexibility index (Phi) is 9.41. The highest BCUT2D eigenvalue weighted by Gasteiger charge is 2.53. The van der Waals surface area contributed by atoms with E-state index in [1.165, 1.54) is 26.0 Å². The lowest BCUT2D eigenvalue weighted by Gasteiger charge is -2.31. The van der Waals surface area contributed by atoms with Crippen LogP contribution in [0.5, 0.6) is 0 Å². The molecule has 254 valence electrons. The minimum absolute atomic E-state index is 0.0354. The summed E-state index contributed by atoms with van der Waals surface area (Å²) in [6.07, 6.45) is 4.45. The van der Waals surface area contributed by atoms with E-state index in [2.05, 4.69) is 15.3 Å². The van der Waals surface area contributed by atoms with Crippen LogP contribution in [0.4, 0.5) is 11.6 Å². The van der Waals surface area contributed by atoms with Gasteiger partial charge in [-0.15, -0.1) is 0 Å². The summed E-state index contributed by atoms with van der Waals surface area (Å²) in [5.41, 5.74) is 1.53. The van der Waals surface area contributed by atoms with E-state index in [-0.39, 0.29) is 47.0 Å². The zero-order chi connectivity index (χ0) is 34.4. The molecule has 1 fully saturated rings. The molecule has 1 aromatic heterocycles. The Morgan fingerprint density at radius 3 is 2.54 bits per heavy atom. The Bertz CT molecular complexity index is 1900. The van der Waals surface area contributed by atoms with Crippen molar-refractivity contribution < 1.29 is 28.2 Å². The summed E-state index contributed by atoms with van der Waals surface area (Å²) in [7, 11) is -2.40. The van der Waals surface area contributed by atoms with Crippen molar-refractivity contribution in [3.63, 3.8) is 0 Å². The van der Waals surface area contributed by atoms with Gasteiger partial charge in [-0.05, 0) is 49.1 Å². The first kappa shape index (κ1) is 34.1. The summed E-state index contributed by atoms with van der Waals surface area (Å²) in [4.78, 5) is 37.6. The second-order valence-corrected chi connectivity index (χ2v) is 15.0. The third kappa shape index (κ3) is 6.35. The summed E-state index contributed by atoms with van der Waals surface area (Å²) in [6, 6.07) is 11.5. The van der Waals surface area contributed by atoms with E-state index in [4.69, 9.17) is 28.3 Å². The normalized spacial score (nSPS) is 21.9. The molecule has 0 aliphatic carbocycles. The largest absolute Gasteiger partial charge is 0.481 e. The summed E-state index contributed by atoms with van der Waals surface area (Å²) >= 11 is 12.6. The number of amides is 1. The molecule has 4 heterocycles. The minimum Gasteiger partial charge on any atom is -0.481 e. The molecule has 0 spiro atoms. The molecule has 1 amide bonds. The van der Waals surface area contributed by atoms with Gasteiger partial charge in [-0.3, -0.25) is 24.5 Å². The smallest absolute Gasteiger partial charge is 0.304 e. The summed E-state index contributed by atoms with van der Waals surface area (Å²) in [6.45, 7) is 2.34. The van der Waals surface area contributed by atoms with Crippen LogP contribution in [0.25, 0.3) is 5.57 Å². The molecule has 6 rings (SSSR count). The number of sulfonamides is 1. The second-order valence-electron chi connectivity index (χ2n) is 12.3. The minimum atomic E-state index is -4.33. The van der Waals surface area contributed by atoms with Crippen LogP contribution in [0.3, 0.4) is 0 Å². The van der Waals surface area contributed by atoms with Gasteiger partial charge in [0.2, 0.25) is 5.95 Å². The lowest BCUT2D eigenvalue weighted by atomic mass is 9.91. The number of benzene rings is 2. The number of carboxylic acid groups (broad SMARTS) is 1. The molecule has 3 atom stereocenters. The number of aliphatic imine (C=N–C) groups is 1. The number of allylic oxidation sites excluding steroid dienone is 1.